The minimum atomic E-state index is -0.347. The van der Waals surface area contributed by atoms with E-state index in [2.05, 4.69) is 21.2 Å². The third-order valence-corrected chi connectivity index (χ3v) is 3.40. The highest BCUT2D eigenvalue weighted by Crippen LogP contribution is 2.22. The minimum Gasteiger partial charge on any atom is -0.347 e. The van der Waals surface area contributed by atoms with Gasteiger partial charge in [0.15, 0.2) is 0 Å². The van der Waals surface area contributed by atoms with Gasteiger partial charge in [-0.05, 0) is 50.9 Å². The van der Waals surface area contributed by atoms with Crippen molar-refractivity contribution in [2.24, 2.45) is 5.73 Å². The number of hydrogen-bond donors (Lipinski definition) is 2. The van der Waals surface area contributed by atoms with E-state index in [1.165, 1.54) is 0 Å². The van der Waals surface area contributed by atoms with Crippen LogP contribution in [0.1, 0.15) is 38.7 Å². The molecule has 0 aliphatic carbocycles. The summed E-state index contributed by atoms with van der Waals surface area (Å²) in [4.78, 5) is 11.8. The van der Waals surface area contributed by atoms with Crippen LogP contribution in [-0.2, 0) is 10.3 Å². The van der Waals surface area contributed by atoms with E-state index in [0.717, 1.165) is 22.9 Å². The molecule has 0 atom stereocenters. The summed E-state index contributed by atoms with van der Waals surface area (Å²) in [6, 6.07) is 8.00. The number of rotatable bonds is 6. The van der Waals surface area contributed by atoms with Gasteiger partial charge in [-0.3, -0.25) is 4.79 Å². The molecule has 18 heavy (non-hydrogen) atoms. The van der Waals surface area contributed by atoms with E-state index in [1.54, 1.807) is 0 Å². The summed E-state index contributed by atoms with van der Waals surface area (Å²) in [6.07, 6.45) is 2.28. The van der Waals surface area contributed by atoms with Crippen molar-refractivity contribution in [2.75, 3.05) is 6.54 Å². The number of amides is 1. The van der Waals surface area contributed by atoms with E-state index in [1.807, 2.05) is 38.1 Å². The molecule has 0 heterocycles. The zero-order valence-electron chi connectivity index (χ0n) is 11.0. The number of carbonyl (C=O) groups is 1. The van der Waals surface area contributed by atoms with Crippen molar-refractivity contribution in [2.45, 2.75) is 38.6 Å². The molecule has 0 saturated carbocycles. The van der Waals surface area contributed by atoms with Crippen molar-refractivity contribution in [1.29, 1.82) is 0 Å². The maximum Gasteiger partial charge on any atom is 0.220 e. The van der Waals surface area contributed by atoms with Crippen molar-refractivity contribution in [3.63, 3.8) is 0 Å². The second kappa shape index (κ2) is 6.90. The fourth-order valence-electron chi connectivity index (χ4n) is 1.78. The Morgan fingerprint density at radius 3 is 2.44 bits per heavy atom. The number of unbranched alkanes of at least 4 members (excludes halogenated alkanes) is 1. The summed E-state index contributed by atoms with van der Waals surface area (Å²) in [5.41, 5.74) is 6.16. The van der Waals surface area contributed by atoms with E-state index < -0.39 is 0 Å². The van der Waals surface area contributed by atoms with E-state index in [4.69, 9.17) is 5.73 Å². The van der Waals surface area contributed by atoms with Crippen LogP contribution in [0.25, 0.3) is 0 Å². The number of hydrogen-bond acceptors (Lipinski definition) is 2. The van der Waals surface area contributed by atoms with Crippen molar-refractivity contribution in [1.82, 2.24) is 5.32 Å². The van der Waals surface area contributed by atoms with E-state index in [-0.39, 0.29) is 11.4 Å². The van der Waals surface area contributed by atoms with Gasteiger partial charge in [0.2, 0.25) is 5.91 Å². The van der Waals surface area contributed by atoms with Gasteiger partial charge in [0.1, 0.15) is 0 Å². The molecular weight excluding hydrogens is 292 g/mol. The Labute approximate surface area is 117 Å². The van der Waals surface area contributed by atoms with Crippen LogP contribution in [0.3, 0.4) is 0 Å². The monoisotopic (exact) mass is 312 g/mol. The molecule has 0 spiro atoms. The van der Waals surface area contributed by atoms with Crippen molar-refractivity contribution in [3.8, 4) is 0 Å². The Hall–Kier alpha value is -0.870. The van der Waals surface area contributed by atoms with Gasteiger partial charge in [-0.1, -0.05) is 28.1 Å². The van der Waals surface area contributed by atoms with Gasteiger partial charge in [-0.25, -0.2) is 0 Å². The van der Waals surface area contributed by atoms with Crippen LogP contribution >= 0.6 is 15.9 Å². The lowest BCUT2D eigenvalue weighted by molar-refractivity contribution is -0.122. The predicted molar refractivity (Wildman–Crippen MR) is 78.2 cm³/mol. The maximum absolute atomic E-state index is 11.8. The van der Waals surface area contributed by atoms with Crippen LogP contribution in [0, 0.1) is 0 Å². The van der Waals surface area contributed by atoms with Crippen molar-refractivity contribution < 1.29 is 4.79 Å². The Morgan fingerprint density at radius 2 is 1.89 bits per heavy atom. The summed E-state index contributed by atoms with van der Waals surface area (Å²) in [7, 11) is 0. The van der Waals surface area contributed by atoms with Crippen LogP contribution in [0.5, 0.6) is 0 Å². The first-order valence-electron chi connectivity index (χ1n) is 6.23. The highest BCUT2D eigenvalue weighted by atomic mass is 79.9. The summed E-state index contributed by atoms with van der Waals surface area (Å²) < 4.78 is 1.04. The Balaban J connectivity index is 2.58. The lowest BCUT2D eigenvalue weighted by atomic mass is 9.94. The van der Waals surface area contributed by atoms with Gasteiger partial charge < -0.3 is 11.1 Å². The highest BCUT2D eigenvalue weighted by molar-refractivity contribution is 9.10. The molecule has 1 rings (SSSR count). The molecule has 0 aliphatic heterocycles. The first-order chi connectivity index (χ1) is 8.45. The molecule has 100 valence electrons. The molecular formula is C14H21BrN2O. The van der Waals surface area contributed by atoms with Crippen LogP contribution < -0.4 is 11.1 Å². The molecule has 0 aromatic heterocycles. The topological polar surface area (TPSA) is 55.1 Å². The van der Waals surface area contributed by atoms with Crippen LogP contribution in [0.4, 0.5) is 0 Å². The maximum atomic E-state index is 11.8. The lowest BCUT2D eigenvalue weighted by Gasteiger charge is -2.27. The van der Waals surface area contributed by atoms with Crippen molar-refractivity contribution >= 4 is 21.8 Å². The largest absolute Gasteiger partial charge is 0.347 e. The zero-order chi connectivity index (χ0) is 13.6. The second-order valence-electron chi connectivity index (χ2n) is 4.93. The number of halogens is 1. The number of nitrogens with two attached hydrogens (primary N) is 1. The standard InChI is InChI=1S/C14H21BrN2O/c1-14(2,11-6-8-12(15)9-7-11)17-13(18)5-3-4-10-16/h6-9H,3-5,10,16H2,1-2H3,(H,17,18). The van der Waals surface area contributed by atoms with Gasteiger partial charge in [0.25, 0.3) is 0 Å². The lowest BCUT2D eigenvalue weighted by Crippen LogP contribution is -2.40. The first kappa shape index (κ1) is 15.2. The summed E-state index contributed by atoms with van der Waals surface area (Å²) >= 11 is 3.41. The number of nitrogens with one attached hydrogen (secondary N) is 1. The number of benzene rings is 1. The molecule has 0 aliphatic rings. The van der Waals surface area contributed by atoms with Gasteiger partial charge in [-0.2, -0.15) is 0 Å². The second-order valence-corrected chi connectivity index (χ2v) is 5.84. The van der Waals surface area contributed by atoms with Gasteiger partial charge in [-0.15, -0.1) is 0 Å². The first-order valence-corrected chi connectivity index (χ1v) is 7.02. The average molecular weight is 313 g/mol. The molecule has 0 radical (unpaired) electrons. The SMILES string of the molecule is CC(C)(NC(=O)CCCCN)c1ccc(Br)cc1. The summed E-state index contributed by atoms with van der Waals surface area (Å²) in [5.74, 6) is 0.0800. The Morgan fingerprint density at radius 1 is 1.28 bits per heavy atom. The molecule has 0 saturated heterocycles. The van der Waals surface area contributed by atoms with Gasteiger partial charge in [0.05, 0.1) is 5.54 Å². The molecule has 0 unspecified atom stereocenters. The van der Waals surface area contributed by atoms with Gasteiger partial charge in [0, 0.05) is 10.9 Å². The highest BCUT2D eigenvalue weighted by Gasteiger charge is 2.22. The molecule has 1 aromatic rings. The molecule has 3 nitrogen and oxygen atoms in total. The Kier molecular flexibility index (Phi) is 5.82. The molecule has 0 bridgehead atoms. The van der Waals surface area contributed by atoms with Crippen LogP contribution in [0.15, 0.2) is 28.7 Å². The number of carbonyl (C=O) groups excluding carboxylic acids is 1. The van der Waals surface area contributed by atoms with Gasteiger partial charge >= 0.3 is 0 Å². The molecule has 4 heteroatoms. The molecule has 0 fully saturated rings. The third kappa shape index (κ3) is 4.78. The van der Waals surface area contributed by atoms with E-state index in [0.29, 0.717) is 13.0 Å². The summed E-state index contributed by atoms with van der Waals surface area (Å²) in [6.45, 7) is 4.66. The smallest absolute Gasteiger partial charge is 0.220 e. The zero-order valence-corrected chi connectivity index (χ0v) is 12.6. The molecule has 1 aromatic carbocycles. The van der Waals surface area contributed by atoms with Crippen LogP contribution in [0.2, 0.25) is 0 Å². The predicted octanol–water partition coefficient (Wildman–Crippen LogP) is 2.93. The van der Waals surface area contributed by atoms with Crippen molar-refractivity contribution in [3.05, 3.63) is 34.3 Å². The molecule has 3 N–H and O–H groups in total. The fraction of sp³-hybridized carbons (Fsp3) is 0.500. The fourth-order valence-corrected chi connectivity index (χ4v) is 2.04. The quantitative estimate of drug-likeness (QED) is 0.793. The third-order valence-electron chi connectivity index (χ3n) is 2.88. The Bertz CT molecular complexity index is 387. The van der Waals surface area contributed by atoms with E-state index in [9.17, 15) is 4.79 Å². The average Bonchev–Trinajstić information content (AvgIpc) is 2.29. The minimum absolute atomic E-state index is 0.0800. The van der Waals surface area contributed by atoms with Crippen LogP contribution in [-0.4, -0.2) is 12.5 Å². The summed E-state index contributed by atoms with van der Waals surface area (Å²) in [5, 5.41) is 3.06. The van der Waals surface area contributed by atoms with E-state index >= 15 is 0 Å². The molecule has 1 amide bonds. The normalized spacial score (nSPS) is 11.3.